The zero-order valence-electron chi connectivity index (χ0n) is 13.6. The van der Waals surface area contributed by atoms with Crippen molar-refractivity contribution in [2.24, 2.45) is 5.41 Å². The number of nitrogens with zero attached hydrogens (tertiary/aromatic N) is 2. The quantitative estimate of drug-likeness (QED) is 0.833. The van der Waals surface area contributed by atoms with Crippen molar-refractivity contribution in [1.29, 1.82) is 0 Å². The largest absolute Gasteiger partial charge is 0.363 e. The highest BCUT2D eigenvalue weighted by atomic mass is 16.2. The van der Waals surface area contributed by atoms with Gasteiger partial charge in [-0.05, 0) is 51.3 Å². The minimum Gasteiger partial charge on any atom is -0.363 e. The highest BCUT2D eigenvalue weighted by molar-refractivity contribution is 5.85. The van der Waals surface area contributed by atoms with Crippen LogP contribution in [0, 0.1) is 12.3 Å². The Hall–Kier alpha value is -1.51. The molecule has 3 rings (SSSR count). The predicted octanol–water partition coefficient (Wildman–Crippen LogP) is 3.22. The summed E-state index contributed by atoms with van der Waals surface area (Å²) in [6.45, 7) is 11.3. The number of piperazine rings is 1. The number of carbonyl (C=O) groups is 1. The van der Waals surface area contributed by atoms with Crippen LogP contribution >= 0.6 is 0 Å². The summed E-state index contributed by atoms with van der Waals surface area (Å²) in [6.07, 6.45) is 2.12. The van der Waals surface area contributed by atoms with Crippen molar-refractivity contribution in [3.8, 4) is 0 Å². The summed E-state index contributed by atoms with van der Waals surface area (Å²) in [5.41, 5.74) is 2.48. The summed E-state index contributed by atoms with van der Waals surface area (Å²) >= 11 is 0. The Bertz CT molecular complexity index is 560. The van der Waals surface area contributed by atoms with Crippen LogP contribution in [0.4, 0.5) is 5.69 Å². The van der Waals surface area contributed by atoms with Gasteiger partial charge in [-0.3, -0.25) is 4.79 Å². The third-order valence-corrected chi connectivity index (χ3v) is 5.02. The van der Waals surface area contributed by atoms with E-state index in [2.05, 4.69) is 61.8 Å². The first-order valence-electron chi connectivity index (χ1n) is 7.96. The molecule has 0 spiro atoms. The lowest BCUT2D eigenvalue weighted by Gasteiger charge is -2.49. The average molecular weight is 286 g/mol. The molecule has 1 aromatic carbocycles. The Balaban J connectivity index is 1.77. The third-order valence-electron chi connectivity index (χ3n) is 5.02. The minimum absolute atomic E-state index is 0.0209. The van der Waals surface area contributed by atoms with Gasteiger partial charge in [-0.25, -0.2) is 0 Å². The Morgan fingerprint density at radius 2 is 1.86 bits per heavy atom. The first-order valence-corrected chi connectivity index (χ1v) is 7.96. The molecule has 1 aliphatic heterocycles. The van der Waals surface area contributed by atoms with Crippen LogP contribution in [0.15, 0.2) is 24.3 Å². The van der Waals surface area contributed by atoms with Crippen molar-refractivity contribution in [2.45, 2.75) is 46.1 Å². The molecule has 0 unspecified atom stereocenters. The molecule has 2 fully saturated rings. The van der Waals surface area contributed by atoms with Crippen molar-refractivity contribution in [2.75, 3.05) is 24.5 Å². The fourth-order valence-electron chi connectivity index (χ4n) is 3.39. The van der Waals surface area contributed by atoms with E-state index in [4.69, 9.17) is 0 Å². The summed E-state index contributed by atoms with van der Waals surface area (Å²) in [7, 11) is 0. The fraction of sp³-hybridized carbons (Fsp3) is 0.611. The van der Waals surface area contributed by atoms with E-state index in [1.165, 1.54) is 11.3 Å². The van der Waals surface area contributed by atoms with Gasteiger partial charge >= 0.3 is 0 Å². The molecule has 21 heavy (non-hydrogen) atoms. The Morgan fingerprint density at radius 3 is 2.43 bits per heavy atom. The van der Waals surface area contributed by atoms with Gasteiger partial charge in [0, 0.05) is 30.7 Å². The van der Waals surface area contributed by atoms with Crippen LogP contribution < -0.4 is 4.90 Å². The number of aryl methyl sites for hydroxylation is 1. The molecule has 1 aromatic rings. The summed E-state index contributed by atoms with van der Waals surface area (Å²) < 4.78 is 0. The molecule has 0 radical (unpaired) electrons. The summed E-state index contributed by atoms with van der Waals surface area (Å²) in [4.78, 5) is 17.1. The molecule has 1 aliphatic carbocycles. The number of rotatable bonds is 2. The summed E-state index contributed by atoms with van der Waals surface area (Å²) in [5.74, 6) is 0.361. The van der Waals surface area contributed by atoms with E-state index in [1.807, 2.05) is 0 Å². The number of amides is 1. The first kappa shape index (κ1) is 14.4. The second-order valence-electron chi connectivity index (χ2n) is 7.59. The predicted molar refractivity (Wildman–Crippen MR) is 86.5 cm³/mol. The van der Waals surface area contributed by atoms with Crippen molar-refractivity contribution >= 4 is 11.6 Å². The number of hydrogen-bond acceptors (Lipinski definition) is 2. The van der Waals surface area contributed by atoms with Gasteiger partial charge in [0.25, 0.3) is 0 Å². The molecule has 3 heteroatoms. The maximum absolute atomic E-state index is 12.6. The Kier molecular flexibility index (Phi) is 3.27. The van der Waals surface area contributed by atoms with Crippen molar-refractivity contribution in [1.82, 2.24) is 4.90 Å². The molecule has 1 amide bonds. The van der Waals surface area contributed by atoms with Gasteiger partial charge in [-0.15, -0.1) is 0 Å². The normalized spacial score (nSPS) is 23.0. The van der Waals surface area contributed by atoms with Crippen molar-refractivity contribution < 1.29 is 4.79 Å². The smallest absolute Gasteiger partial charge is 0.228 e. The second-order valence-corrected chi connectivity index (χ2v) is 7.59. The van der Waals surface area contributed by atoms with E-state index in [0.29, 0.717) is 5.91 Å². The van der Waals surface area contributed by atoms with Crippen molar-refractivity contribution in [3.63, 3.8) is 0 Å². The van der Waals surface area contributed by atoms with E-state index in [9.17, 15) is 4.79 Å². The van der Waals surface area contributed by atoms with Crippen LogP contribution in [0.5, 0.6) is 0 Å². The maximum Gasteiger partial charge on any atom is 0.228 e. The highest BCUT2D eigenvalue weighted by Gasteiger charge is 2.49. The van der Waals surface area contributed by atoms with Gasteiger partial charge in [0.1, 0.15) is 0 Å². The zero-order chi connectivity index (χ0) is 15.3. The van der Waals surface area contributed by atoms with Crippen LogP contribution in [0.3, 0.4) is 0 Å². The average Bonchev–Trinajstić information content (AvgIpc) is 3.16. The fourth-order valence-corrected chi connectivity index (χ4v) is 3.39. The lowest BCUT2D eigenvalue weighted by molar-refractivity contribution is -0.137. The molecular weight excluding hydrogens is 260 g/mol. The van der Waals surface area contributed by atoms with Crippen LogP contribution in [0.2, 0.25) is 0 Å². The molecule has 2 aliphatic rings. The van der Waals surface area contributed by atoms with Gasteiger partial charge in [-0.1, -0.05) is 19.1 Å². The molecule has 1 heterocycles. The van der Waals surface area contributed by atoms with Gasteiger partial charge < -0.3 is 9.80 Å². The van der Waals surface area contributed by atoms with Crippen LogP contribution in [0.25, 0.3) is 0 Å². The van der Waals surface area contributed by atoms with E-state index in [1.54, 1.807) is 0 Å². The first-order chi connectivity index (χ1) is 9.82. The van der Waals surface area contributed by atoms with E-state index >= 15 is 0 Å². The number of benzene rings is 1. The Morgan fingerprint density at radius 1 is 1.14 bits per heavy atom. The van der Waals surface area contributed by atoms with Crippen molar-refractivity contribution in [3.05, 3.63) is 29.8 Å². The number of hydrogen-bond donors (Lipinski definition) is 0. The van der Waals surface area contributed by atoms with E-state index in [0.717, 1.165) is 32.5 Å². The molecule has 0 atom stereocenters. The van der Waals surface area contributed by atoms with E-state index in [-0.39, 0.29) is 11.0 Å². The minimum atomic E-state index is -0.0540. The highest BCUT2D eigenvalue weighted by Crippen LogP contribution is 2.47. The topological polar surface area (TPSA) is 23.6 Å². The van der Waals surface area contributed by atoms with E-state index < -0.39 is 0 Å². The number of anilines is 1. The summed E-state index contributed by atoms with van der Waals surface area (Å²) in [6, 6.07) is 8.66. The summed E-state index contributed by atoms with van der Waals surface area (Å²) in [5, 5.41) is 0. The lowest BCUT2D eigenvalue weighted by Crippen LogP contribution is -2.61. The van der Waals surface area contributed by atoms with Gasteiger partial charge in [0.05, 0.1) is 5.54 Å². The molecule has 0 N–H and O–H groups in total. The van der Waals surface area contributed by atoms with Crippen LogP contribution in [-0.4, -0.2) is 36.0 Å². The standard InChI is InChI=1S/C18H26N2O/c1-14-6-5-7-15(12-14)20-11-10-19(13-17(20,2)3)16(21)18(4)8-9-18/h5-7,12H,8-11,13H2,1-4H3. The molecular formula is C18H26N2O. The monoisotopic (exact) mass is 286 g/mol. The molecule has 0 bridgehead atoms. The second kappa shape index (κ2) is 4.75. The molecule has 0 aromatic heterocycles. The lowest BCUT2D eigenvalue weighted by atomic mass is 9.95. The van der Waals surface area contributed by atoms with Crippen LogP contribution in [-0.2, 0) is 4.79 Å². The molecule has 3 nitrogen and oxygen atoms in total. The SMILES string of the molecule is Cc1cccc(N2CCN(C(=O)C3(C)CC3)CC2(C)C)c1. The molecule has 1 saturated heterocycles. The molecule has 114 valence electrons. The van der Waals surface area contributed by atoms with Gasteiger partial charge in [-0.2, -0.15) is 0 Å². The third kappa shape index (κ3) is 2.66. The maximum atomic E-state index is 12.6. The zero-order valence-corrected chi connectivity index (χ0v) is 13.6. The number of carbonyl (C=O) groups excluding carboxylic acids is 1. The Labute approximate surface area is 127 Å². The van der Waals surface area contributed by atoms with Gasteiger partial charge in [0.2, 0.25) is 5.91 Å². The van der Waals surface area contributed by atoms with Gasteiger partial charge in [0.15, 0.2) is 0 Å². The van der Waals surface area contributed by atoms with Crippen LogP contribution in [0.1, 0.15) is 39.2 Å². The molecule has 1 saturated carbocycles.